The second-order valence-corrected chi connectivity index (χ2v) is 6.49. The Morgan fingerprint density at radius 2 is 1.95 bits per heavy atom. The summed E-state index contributed by atoms with van der Waals surface area (Å²) in [6.45, 7) is 12.1. The molecule has 0 aliphatic heterocycles. The fourth-order valence-electron chi connectivity index (χ4n) is 2.26. The number of nitrogens with one attached hydrogen (secondary N) is 1. The highest BCUT2D eigenvalue weighted by Gasteiger charge is 2.11. The summed E-state index contributed by atoms with van der Waals surface area (Å²) in [6.07, 6.45) is 3.42. The zero-order valence-corrected chi connectivity index (χ0v) is 12.7. The highest BCUT2D eigenvalue weighted by molar-refractivity contribution is 5.80. The number of hydrogen-bond acceptors (Lipinski definition) is 1. The van der Waals surface area contributed by atoms with Gasteiger partial charge < -0.3 is 9.88 Å². The quantitative estimate of drug-likeness (QED) is 0.851. The topological polar surface area (TPSA) is 17.0 Å². The van der Waals surface area contributed by atoms with Crippen molar-refractivity contribution in [1.29, 1.82) is 0 Å². The molecule has 1 aromatic heterocycles. The first-order chi connectivity index (χ1) is 8.99. The van der Waals surface area contributed by atoms with E-state index in [-0.39, 0.29) is 0 Å². The Balaban J connectivity index is 2.19. The van der Waals surface area contributed by atoms with Gasteiger partial charge in [-0.3, -0.25) is 0 Å². The van der Waals surface area contributed by atoms with Crippen LogP contribution < -0.4 is 5.32 Å². The van der Waals surface area contributed by atoms with Crippen LogP contribution in [0.3, 0.4) is 0 Å². The average Bonchev–Trinajstić information content (AvgIpc) is 2.75. The van der Waals surface area contributed by atoms with Gasteiger partial charge in [0, 0.05) is 24.8 Å². The molecule has 0 radical (unpaired) electrons. The lowest BCUT2D eigenvalue weighted by Gasteiger charge is -2.18. The molecule has 0 amide bonds. The summed E-state index contributed by atoms with van der Waals surface area (Å²) < 4.78 is 2.38. The Labute approximate surface area is 116 Å². The summed E-state index contributed by atoms with van der Waals surface area (Å²) in [4.78, 5) is 0. The average molecular weight is 258 g/mol. The molecule has 19 heavy (non-hydrogen) atoms. The molecule has 2 nitrogen and oxygen atoms in total. The monoisotopic (exact) mass is 258 g/mol. The smallest absolute Gasteiger partial charge is 0.0483 e. The van der Waals surface area contributed by atoms with Crippen molar-refractivity contribution in [3.63, 3.8) is 0 Å². The zero-order chi connectivity index (χ0) is 13.9. The summed E-state index contributed by atoms with van der Waals surface area (Å²) in [5.74, 6) is 0. The summed E-state index contributed by atoms with van der Waals surface area (Å²) in [5.41, 5.74) is 3.11. The van der Waals surface area contributed by atoms with Crippen LogP contribution in [0.5, 0.6) is 0 Å². The SMILES string of the molecule is CCNCc1ccc2ccn(CCC(C)(C)C)c2c1. The van der Waals surface area contributed by atoms with Gasteiger partial charge in [-0.1, -0.05) is 39.8 Å². The van der Waals surface area contributed by atoms with Crippen LogP contribution in [0.1, 0.15) is 39.7 Å². The van der Waals surface area contributed by atoms with Crippen molar-refractivity contribution in [2.75, 3.05) is 6.54 Å². The molecule has 0 aliphatic carbocycles. The molecule has 104 valence electrons. The third-order valence-corrected chi connectivity index (χ3v) is 3.52. The summed E-state index contributed by atoms with van der Waals surface area (Å²) in [5, 5.41) is 4.73. The minimum atomic E-state index is 0.387. The molecule has 1 N–H and O–H groups in total. The zero-order valence-electron chi connectivity index (χ0n) is 12.7. The van der Waals surface area contributed by atoms with Gasteiger partial charge in [0.25, 0.3) is 0 Å². The van der Waals surface area contributed by atoms with Crippen LogP contribution in [0.15, 0.2) is 30.5 Å². The first-order valence-electron chi connectivity index (χ1n) is 7.28. The predicted molar refractivity (Wildman–Crippen MR) is 83.4 cm³/mol. The molecule has 0 aliphatic rings. The molecule has 0 atom stereocenters. The molecule has 2 aromatic rings. The van der Waals surface area contributed by atoms with E-state index >= 15 is 0 Å². The fraction of sp³-hybridized carbons (Fsp3) is 0.529. The molecule has 0 fully saturated rings. The Morgan fingerprint density at radius 1 is 1.16 bits per heavy atom. The van der Waals surface area contributed by atoms with Gasteiger partial charge in [0.2, 0.25) is 0 Å². The Hall–Kier alpha value is -1.28. The third kappa shape index (κ3) is 3.84. The normalized spacial score (nSPS) is 12.2. The maximum Gasteiger partial charge on any atom is 0.0483 e. The number of nitrogens with zero attached hydrogens (tertiary/aromatic N) is 1. The number of hydrogen-bond donors (Lipinski definition) is 1. The first kappa shape index (κ1) is 14.1. The van der Waals surface area contributed by atoms with Gasteiger partial charge in [0.1, 0.15) is 0 Å². The molecule has 1 aromatic carbocycles. The van der Waals surface area contributed by atoms with Crippen molar-refractivity contribution in [3.8, 4) is 0 Å². The van der Waals surface area contributed by atoms with Crippen LogP contribution >= 0.6 is 0 Å². The number of benzene rings is 1. The molecule has 0 bridgehead atoms. The van der Waals surface area contributed by atoms with Crippen molar-refractivity contribution in [1.82, 2.24) is 9.88 Å². The van der Waals surface area contributed by atoms with E-state index in [2.05, 4.69) is 68.0 Å². The first-order valence-corrected chi connectivity index (χ1v) is 7.28. The molecule has 0 saturated heterocycles. The molecule has 1 heterocycles. The molecule has 2 heteroatoms. The molecule has 2 rings (SSSR count). The Kier molecular flexibility index (Phi) is 4.31. The van der Waals surface area contributed by atoms with E-state index in [0.29, 0.717) is 5.41 Å². The fourth-order valence-corrected chi connectivity index (χ4v) is 2.26. The number of fused-ring (bicyclic) bond motifs is 1. The summed E-state index contributed by atoms with van der Waals surface area (Å²) in [7, 11) is 0. The molecular formula is C17H26N2. The van der Waals surface area contributed by atoms with E-state index in [1.807, 2.05) is 0 Å². The molecule has 0 spiro atoms. The summed E-state index contributed by atoms with van der Waals surface area (Å²) >= 11 is 0. The van der Waals surface area contributed by atoms with Crippen molar-refractivity contribution in [2.45, 2.75) is 47.2 Å². The Bertz CT molecular complexity index is 532. The van der Waals surface area contributed by atoms with Gasteiger partial charge in [0.15, 0.2) is 0 Å². The van der Waals surface area contributed by atoms with E-state index in [4.69, 9.17) is 0 Å². The van der Waals surface area contributed by atoms with Gasteiger partial charge >= 0.3 is 0 Å². The van der Waals surface area contributed by atoms with Crippen LogP contribution in [-0.2, 0) is 13.1 Å². The highest BCUT2D eigenvalue weighted by Crippen LogP contribution is 2.23. The number of aromatic nitrogens is 1. The maximum absolute atomic E-state index is 3.39. The number of rotatable bonds is 5. The third-order valence-electron chi connectivity index (χ3n) is 3.52. The second kappa shape index (κ2) is 5.79. The van der Waals surface area contributed by atoms with E-state index in [1.54, 1.807) is 0 Å². The largest absolute Gasteiger partial charge is 0.347 e. The van der Waals surface area contributed by atoms with Gasteiger partial charge in [-0.25, -0.2) is 0 Å². The van der Waals surface area contributed by atoms with Gasteiger partial charge in [0.05, 0.1) is 0 Å². The van der Waals surface area contributed by atoms with E-state index in [9.17, 15) is 0 Å². The molecular weight excluding hydrogens is 232 g/mol. The van der Waals surface area contributed by atoms with Crippen LogP contribution in [0.4, 0.5) is 0 Å². The van der Waals surface area contributed by atoms with Crippen LogP contribution in [0.25, 0.3) is 10.9 Å². The number of aryl methyl sites for hydroxylation is 1. The highest BCUT2D eigenvalue weighted by atomic mass is 15.0. The lowest BCUT2D eigenvalue weighted by Crippen LogP contribution is -2.12. The summed E-state index contributed by atoms with van der Waals surface area (Å²) in [6, 6.07) is 8.99. The van der Waals surface area contributed by atoms with Crippen molar-refractivity contribution in [3.05, 3.63) is 36.0 Å². The van der Waals surface area contributed by atoms with E-state index in [0.717, 1.165) is 19.6 Å². The second-order valence-electron chi connectivity index (χ2n) is 6.49. The lowest BCUT2D eigenvalue weighted by atomic mass is 9.92. The lowest BCUT2D eigenvalue weighted by molar-refractivity contribution is 0.353. The van der Waals surface area contributed by atoms with E-state index < -0.39 is 0 Å². The molecule has 0 unspecified atom stereocenters. The van der Waals surface area contributed by atoms with Crippen LogP contribution in [0, 0.1) is 5.41 Å². The van der Waals surface area contributed by atoms with E-state index in [1.165, 1.54) is 22.9 Å². The minimum Gasteiger partial charge on any atom is -0.347 e. The molecule has 0 saturated carbocycles. The van der Waals surface area contributed by atoms with Crippen molar-refractivity contribution >= 4 is 10.9 Å². The Morgan fingerprint density at radius 3 is 2.63 bits per heavy atom. The minimum absolute atomic E-state index is 0.387. The van der Waals surface area contributed by atoms with Crippen molar-refractivity contribution < 1.29 is 0 Å². The van der Waals surface area contributed by atoms with Crippen LogP contribution in [-0.4, -0.2) is 11.1 Å². The standard InChI is InChI=1S/C17H26N2/c1-5-18-13-14-6-7-15-8-10-19(16(15)12-14)11-9-17(2,3)4/h6-8,10,12,18H,5,9,11,13H2,1-4H3. The van der Waals surface area contributed by atoms with Crippen LogP contribution in [0.2, 0.25) is 0 Å². The predicted octanol–water partition coefficient (Wildman–Crippen LogP) is 4.19. The van der Waals surface area contributed by atoms with Gasteiger partial charge in [-0.2, -0.15) is 0 Å². The van der Waals surface area contributed by atoms with Crippen molar-refractivity contribution in [2.24, 2.45) is 5.41 Å². The van der Waals surface area contributed by atoms with Gasteiger partial charge in [-0.05, 0) is 41.5 Å². The van der Waals surface area contributed by atoms with Gasteiger partial charge in [-0.15, -0.1) is 0 Å². The maximum atomic E-state index is 3.39.